The molecule has 0 saturated carbocycles. The molecular formula is C14H18N2O4. The van der Waals surface area contributed by atoms with Crippen LogP contribution in [0.3, 0.4) is 0 Å². The molecule has 20 heavy (non-hydrogen) atoms. The Morgan fingerprint density at radius 1 is 1.40 bits per heavy atom. The first-order valence-electron chi connectivity index (χ1n) is 6.37. The highest BCUT2D eigenvalue weighted by molar-refractivity contribution is 6.09. The lowest BCUT2D eigenvalue weighted by molar-refractivity contribution is -0.136. The number of carbonyl (C=O) groups excluding carboxylic acids is 3. The highest BCUT2D eigenvalue weighted by Gasteiger charge is 2.51. The lowest BCUT2D eigenvalue weighted by Gasteiger charge is -2.21. The Kier molecular flexibility index (Phi) is 3.20. The third-order valence-corrected chi connectivity index (χ3v) is 3.43. The predicted molar refractivity (Wildman–Crippen MR) is 70.8 cm³/mol. The number of carbonyl (C=O) groups is 3. The van der Waals surface area contributed by atoms with E-state index >= 15 is 0 Å². The molecule has 1 saturated heterocycles. The lowest BCUT2D eigenvalue weighted by atomic mass is 9.90. The molecule has 1 atom stereocenters. The maximum Gasteiger partial charge on any atom is 0.325 e. The van der Waals surface area contributed by atoms with Crippen LogP contribution in [0.15, 0.2) is 22.8 Å². The Hall–Kier alpha value is -2.11. The fourth-order valence-corrected chi connectivity index (χ4v) is 1.95. The van der Waals surface area contributed by atoms with Crippen LogP contribution in [0.25, 0.3) is 0 Å². The van der Waals surface area contributed by atoms with Gasteiger partial charge in [0.25, 0.3) is 5.91 Å². The third kappa shape index (κ3) is 2.21. The van der Waals surface area contributed by atoms with Gasteiger partial charge in [0, 0.05) is 5.41 Å². The average Bonchev–Trinajstić information content (AvgIpc) is 2.92. The van der Waals surface area contributed by atoms with Crippen LogP contribution < -0.4 is 5.32 Å². The summed E-state index contributed by atoms with van der Waals surface area (Å²) in [5.41, 5.74) is -1.86. The number of rotatable bonds is 3. The van der Waals surface area contributed by atoms with Crippen molar-refractivity contribution in [2.75, 3.05) is 6.54 Å². The van der Waals surface area contributed by atoms with Gasteiger partial charge in [-0.25, -0.2) is 4.79 Å². The summed E-state index contributed by atoms with van der Waals surface area (Å²) in [5.74, 6) is -0.304. The summed E-state index contributed by atoms with van der Waals surface area (Å²) in [6, 6.07) is 2.68. The summed E-state index contributed by atoms with van der Waals surface area (Å²) in [6.07, 6.45) is 1.43. The van der Waals surface area contributed by atoms with Gasteiger partial charge in [0.15, 0.2) is 11.3 Å². The van der Waals surface area contributed by atoms with Crippen molar-refractivity contribution in [1.29, 1.82) is 0 Å². The minimum absolute atomic E-state index is 0.176. The molecule has 0 spiro atoms. The fourth-order valence-electron chi connectivity index (χ4n) is 1.95. The highest BCUT2D eigenvalue weighted by Crippen LogP contribution is 2.29. The van der Waals surface area contributed by atoms with Crippen LogP contribution in [-0.2, 0) is 15.1 Å². The maximum absolute atomic E-state index is 12.4. The Morgan fingerprint density at radius 3 is 2.55 bits per heavy atom. The van der Waals surface area contributed by atoms with Gasteiger partial charge in [-0.05, 0) is 19.1 Å². The van der Waals surface area contributed by atoms with Crippen molar-refractivity contribution in [1.82, 2.24) is 10.2 Å². The number of amides is 3. The van der Waals surface area contributed by atoms with Gasteiger partial charge in [-0.15, -0.1) is 0 Å². The molecule has 6 nitrogen and oxygen atoms in total. The minimum Gasteiger partial charge on any atom is -0.466 e. The summed E-state index contributed by atoms with van der Waals surface area (Å²) in [4.78, 5) is 37.3. The van der Waals surface area contributed by atoms with E-state index in [0.717, 1.165) is 4.90 Å². The number of nitrogens with zero attached hydrogens (tertiary/aromatic N) is 1. The van der Waals surface area contributed by atoms with Crippen LogP contribution in [-0.4, -0.2) is 29.2 Å². The molecule has 108 valence electrons. The van der Waals surface area contributed by atoms with Crippen molar-refractivity contribution in [3.8, 4) is 0 Å². The molecular weight excluding hydrogens is 260 g/mol. The Labute approximate surface area is 117 Å². The fraction of sp³-hybridized carbons (Fsp3) is 0.500. The van der Waals surface area contributed by atoms with E-state index in [4.69, 9.17) is 4.42 Å². The molecule has 0 bridgehead atoms. The van der Waals surface area contributed by atoms with Gasteiger partial charge in [-0.1, -0.05) is 20.8 Å². The van der Waals surface area contributed by atoms with Crippen molar-refractivity contribution in [2.45, 2.75) is 33.2 Å². The second kappa shape index (κ2) is 4.47. The van der Waals surface area contributed by atoms with Gasteiger partial charge in [-0.2, -0.15) is 0 Å². The third-order valence-electron chi connectivity index (χ3n) is 3.43. The molecule has 1 aliphatic heterocycles. The number of imide groups is 1. The van der Waals surface area contributed by atoms with Crippen LogP contribution in [0, 0.1) is 5.41 Å². The van der Waals surface area contributed by atoms with E-state index in [1.165, 1.54) is 6.26 Å². The smallest absolute Gasteiger partial charge is 0.325 e. The molecule has 1 aliphatic rings. The van der Waals surface area contributed by atoms with E-state index < -0.39 is 22.9 Å². The molecule has 6 heteroatoms. The van der Waals surface area contributed by atoms with E-state index in [0.29, 0.717) is 5.76 Å². The van der Waals surface area contributed by atoms with Crippen LogP contribution >= 0.6 is 0 Å². The van der Waals surface area contributed by atoms with Gasteiger partial charge in [0.2, 0.25) is 0 Å². The van der Waals surface area contributed by atoms with Crippen molar-refractivity contribution < 1.29 is 18.8 Å². The second-order valence-electron chi connectivity index (χ2n) is 6.10. The number of nitrogens with one attached hydrogen (secondary N) is 1. The molecule has 1 unspecified atom stereocenters. The molecule has 0 aliphatic carbocycles. The number of furan rings is 1. The molecule has 1 fully saturated rings. The summed E-state index contributed by atoms with van der Waals surface area (Å²) < 4.78 is 5.21. The Bertz CT molecular complexity index is 556. The molecule has 2 heterocycles. The number of hydrogen-bond acceptors (Lipinski definition) is 4. The van der Waals surface area contributed by atoms with Gasteiger partial charge < -0.3 is 9.73 Å². The normalized spacial score (nSPS) is 23.1. The van der Waals surface area contributed by atoms with Gasteiger partial charge in [-0.3, -0.25) is 14.5 Å². The number of hydrogen-bond donors (Lipinski definition) is 1. The summed E-state index contributed by atoms with van der Waals surface area (Å²) in [5, 5.41) is 2.58. The zero-order valence-corrected chi connectivity index (χ0v) is 12.0. The average molecular weight is 278 g/mol. The van der Waals surface area contributed by atoms with Gasteiger partial charge in [0.1, 0.15) is 5.76 Å². The Balaban J connectivity index is 2.24. The summed E-state index contributed by atoms with van der Waals surface area (Å²) in [6.45, 7) is 6.58. The van der Waals surface area contributed by atoms with Crippen molar-refractivity contribution in [3.05, 3.63) is 24.2 Å². The molecule has 1 N–H and O–H groups in total. The molecule has 0 radical (unpaired) electrons. The van der Waals surface area contributed by atoms with E-state index in [9.17, 15) is 14.4 Å². The number of Topliss-reactive ketones (excluding diaryl/α,β-unsaturated/α-hetero) is 1. The SMILES string of the molecule is CC(C)(C)C(=O)CN1C(=O)NC(C)(c2ccco2)C1=O. The van der Waals surface area contributed by atoms with Crippen LogP contribution in [0.2, 0.25) is 0 Å². The molecule has 1 aromatic rings. The molecule has 3 amide bonds. The van der Waals surface area contributed by atoms with Crippen LogP contribution in [0.1, 0.15) is 33.5 Å². The molecule has 0 aromatic carbocycles. The van der Waals surface area contributed by atoms with Crippen LogP contribution in [0.5, 0.6) is 0 Å². The highest BCUT2D eigenvalue weighted by atomic mass is 16.3. The monoisotopic (exact) mass is 278 g/mol. The standard InChI is InChI=1S/C14H18N2O4/c1-13(2,3)9(17)8-16-11(18)14(4,15-12(16)19)10-6-5-7-20-10/h5-7H,8H2,1-4H3,(H,15,19). The topological polar surface area (TPSA) is 79.6 Å². The number of ketones is 1. The summed E-state index contributed by atoms with van der Waals surface area (Å²) >= 11 is 0. The quantitative estimate of drug-likeness (QED) is 0.853. The van der Waals surface area contributed by atoms with Gasteiger partial charge >= 0.3 is 6.03 Å². The predicted octanol–water partition coefficient (Wildman–Crippen LogP) is 1.66. The maximum atomic E-state index is 12.4. The first kappa shape index (κ1) is 14.3. The minimum atomic E-state index is -1.25. The zero-order valence-electron chi connectivity index (χ0n) is 12.0. The van der Waals surface area contributed by atoms with Crippen molar-refractivity contribution >= 4 is 17.7 Å². The summed E-state index contributed by atoms with van der Waals surface area (Å²) in [7, 11) is 0. The Morgan fingerprint density at radius 2 is 2.05 bits per heavy atom. The van der Waals surface area contributed by atoms with Crippen molar-refractivity contribution in [2.24, 2.45) is 5.41 Å². The first-order valence-corrected chi connectivity index (χ1v) is 6.37. The van der Waals surface area contributed by atoms with E-state index in [-0.39, 0.29) is 12.3 Å². The van der Waals surface area contributed by atoms with E-state index in [2.05, 4.69) is 5.32 Å². The molecule has 1 aromatic heterocycles. The number of urea groups is 1. The lowest BCUT2D eigenvalue weighted by Crippen LogP contribution is -2.42. The van der Waals surface area contributed by atoms with E-state index in [1.54, 1.807) is 39.8 Å². The van der Waals surface area contributed by atoms with Crippen LogP contribution in [0.4, 0.5) is 4.79 Å². The largest absolute Gasteiger partial charge is 0.466 e. The molecule has 2 rings (SSSR count). The second-order valence-corrected chi connectivity index (χ2v) is 6.10. The van der Waals surface area contributed by atoms with Crippen molar-refractivity contribution in [3.63, 3.8) is 0 Å². The van der Waals surface area contributed by atoms with E-state index in [1.807, 2.05) is 0 Å². The zero-order chi connectivity index (χ0) is 15.1. The van der Waals surface area contributed by atoms with Gasteiger partial charge in [0.05, 0.1) is 12.8 Å². The first-order chi connectivity index (χ1) is 9.16.